The summed E-state index contributed by atoms with van der Waals surface area (Å²) < 4.78 is 7.84. The van der Waals surface area contributed by atoms with E-state index in [9.17, 15) is 4.79 Å². The number of rotatable bonds is 5. The van der Waals surface area contributed by atoms with E-state index in [4.69, 9.17) is 4.74 Å². The van der Waals surface area contributed by atoms with Crippen LogP contribution in [0.25, 0.3) is 5.69 Å². The van der Waals surface area contributed by atoms with Gasteiger partial charge in [-0.05, 0) is 41.4 Å². The highest BCUT2D eigenvalue weighted by molar-refractivity contribution is 9.10. The number of hydrogen-bond acceptors (Lipinski definition) is 3. The van der Waals surface area contributed by atoms with E-state index < -0.39 is 0 Å². The third-order valence-electron chi connectivity index (χ3n) is 2.93. The summed E-state index contributed by atoms with van der Waals surface area (Å²) in [4.78, 5) is 12.0. The lowest BCUT2D eigenvalue weighted by molar-refractivity contribution is 0.0525. The van der Waals surface area contributed by atoms with Gasteiger partial charge in [0.2, 0.25) is 0 Å². The van der Waals surface area contributed by atoms with Gasteiger partial charge in [-0.3, -0.25) is 0 Å². The number of carbonyl (C=O) groups excluding carboxylic acids is 1. The molecule has 0 spiro atoms. The van der Waals surface area contributed by atoms with E-state index >= 15 is 0 Å². The molecule has 106 valence electrons. The Morgan fingerprint density at radius 2 is 2.10 bits per heavy atom. The maximum atomic E-state index is 12.0. The maximum absolute atomic E-state index is 12.0. The van der Waals surface area contributed by atoms with Gasteiger partial charge in [-0.2, -0.15) is 5.10 Å². The third kappa shape index (κ3) is 2.93. The van der Waals surface area contributed by atoms with Crippen molar-refractivity contribution < 1.29 is 9.53 Å². The lowest BCUT2D eigenvalue weighted by Crippen LogP contribution is -2.10. The fraction of sp³-hybridized carbons (Fsp3) is 0.333. The fourth-order valence-corrected chi connectivity index (χ4v) is 2.51. The van der Waals surface area contributed by atoms with Crippen molar-refractivity contribution in [1.29, 1.82) is 0 Å². The molecule has 2 aromatic rings. The van der Waals surface area contributed by atoms with Crippen LogP contribution in [0.4, 0.5) is 0 Å². The topological polar surface area (TPSA) is 44.1 Å². The molecule has 2 rings (SSSR count). The SMILES string of the molecule is CCCc1c(C(=O)OCC)cnn1-c1ccccc1Br. The quantitative estimate of drug-likeness (QED) is 0.780. The molecule has 0 aliphatic rings. The highest BCUT2D eigenvalue weighted by Gasteiger charge is 2.19. The van der Waals surface area contributed by atoms with E-state index in [1.165, 1.54) is 0 Å². The van der Waals surface area contributed by atoms with Crippen LogP contribution in [0.2, 0.25) is 0 Å². The second-order valence-corrected chi connectivity index (χ2v) is 5.19. The van der Waals surface area contributed by atoms with E-state index in [0.29, 0.717) is 12.2 Å². The Kier molecular flexibility index (Phi) is 4.95. The number of esters is 1. The minimum atomic E-state index is -0.311. The molecule has 0 bridgehead atoms. The summed E-state index contributed by atoms with van der Waals surface area (Å²) in [5, 5.41) is 4.35. The standard InChI is InChI=1S/C15H17BrN2O2/c1-3-7-13-11(15(19)20-4-2)10-17-18(13)14-9-6-5-8-12(14)16/h5-6,8-10H,3-4,7H2,1-2H3. The van der Waals surface area contributed by atoms with Crippen LogP contribution in [-0.2, 0) is 11.2 Å². The molecule has 0 unspecified atom stereocenters. The zero-order chi connectivity index (χ0) is 14.5. The Morgan fingerprint density at radius 3 is 2.75 bits per heavy atom. The highest BCUT2D eigenvalue weighted by atomic mass is 79.9. The molecule has 5 heteroatoms. The Morgan fingerprint density at radius 1 is 1.35 bits per heavy atom. The molecule has 0 N–H and O–H groups in total. The van der Waals surface area contributed by atoms with Crippen molar-refractivity contribution in [3.63, 3.8) is 0 Å². The van der Waals surface area contributed by atoms with E-state index in [1.807, 2.05) is 24.3 Å². The van der Waals surface area contributed by atoms with Crippen LogP contribution in [0.15, 0.2) is 34.9 Å². The summed E-state index contributed by atoms with van der Waals surface area (Å²) in [5.74, 6) is -0.311. The Balaban J connectivity index is 2.49. The molecule has 0 aliphatic carbocycles. The van der Waals surface area contributed by atoms with E-state index in [0.717, 1.165) is 28.7 Å². The molecule has 0 atom stereocenters. The summed E-state index contributed by atoms with van der Waals surface area (Å²) in [6.45, 7) is 4.24. The molecule has 0 saturated heterocycles. The van der Waals surface area contributed by atoms with Gasteiger partial charge in [-0.1, -0.05) is 25.5 Å². The van der Waals surface area contributed by atoms with Crippen LogP contribution in [0.5, 0.6) is 0 Å². The zero-order valence-corrected chi connectivity index (χ0v) is 13.2. The van der Waals surface area contributed by atoms with Gasteiger partial charge in [0.05, 0.1) is 24.2 Å². The number of nitrogens with zero attached hydrogens (tertiary/aromatic N) is 2. The van der Waals surface area contributed by atoms with Gasteiger partial charge in [0.15, 0.2) is 0 Å². The first kappa shape index (κ1) is 14.8. The zero-order valence-electron chi connectivity index (χ0n) is 11.6. The largest absolute Gasteiger partial charge is 0.462 e. The van der Waals surface area contributed by atoms with Crippen molar-refractivity contribution in [1.82, 2.24) is 9.78 Å². The number of aromatic nitrogens is 2. The van der Waals surface area contributed by atoms with Gasteiger partial charge in [0.1, 0.15) is 5.56 Å². The van der Waals surface area contributed by atoms with Gasteiger partial charge in [-0.15, -0.1) is 0 Å². The summed E-state index contributed by atoms with van der Waals surface area (Å²) >= 11 is 3.52. The highest BCUT2D eigenvalue weighted by Crippen LogP contribution is 2.24. The number of ether oxygens (including phenoxy) is 1. The molecule has 1 aromatic heterocycles. The number of halogens is 1. The smallest absolute Gasteiger partial charge is 0.341 e. The summed E-state index contributed by atoms with van der Waals surface area (Å²) in [6.07, 6.45) is 3.29. The monoisotopic (exact) mass is 336 g/mol. The second-order valence-electron chi connectivity index (χ2n) is 4.34. The number of hydrogen-bond donors (Lipinski definition) is 0. The summed E-state index contributed by atoms with van der Waals surface area (Å²) in [7, 11) is 0. The predicted octanol–water partition coefficient (Wildman–Crippen LogP) is 3.76. The molecular formula is C15H17BrN2O2. The minimum absolute atomic E-state index is 0.311. The number of benzene rings is 1. The van der Waals surface area contributed by atoms with Crippen molar-refractivity contribution in [2.75, 3.05) is 6.61 Å². The van der Waals surface area contributed by atoms with Gasteiger partial charge in [-0.25, -0.2) is 9.48 Å². The van der Waals surface area contributed by atoms with Crippen LogP contribution in [-0.4, -0.2) is 22.4 Å². The molecule has 0 aliphatic heterocycles. The average Bonchev–Trinajstić information content (AvgIpc) is 2.84. The molecule has 4 nitrogen and oxygen atoms in total. The molecule has 1 heterocycles. The lowest BCUT2D eigenvalue weighted by atomic mass is 10.1. The third-order valence-corrected chi connectivity index (χ3v) is 3.60. The van der Waals surface area contributed by atoms with Crippen LogP contribution >= 0.6 is 15.9 Å². The number of para-hydroxylation sites is 1. The van der Waals surface area contributed by atoms with Gasteiger partial charge >= 0.3 is 5.97 Å². The van der Waals surface area contributed by atoms with E-state index in [1.54, 1.807) is 17.8 Å². The van der Waals surface area contributed by atoms with Crippen LogP contribution < -0.4 is 0 Å². The van der Waals surface area contributed by atoms with Crippen molar-refractivity contribution in [3.8, 4) is 5.69 Å². The van der Waals surface area contributed by atoms with Gasteiger partial charge in [0.25, 0.3) is 0 Å². The van der Waals surface area contributed by atoms with Crippen molar-refractivity contribution in [3.05, 3.63) is 46.2 Å². The first-order chi connectivity index (χ1) is 9.69. The minimum Gasteiger partial charge on any atom is -0.462 e. The Bertz CT molecular complexity index is 608. The van der Waals surface area contributed by atoms with Crippen molar-refractivity contribution >= 4 is 21.9 Å². The van der Waals surface area contributed by atoms with Crippen LogP contribution in [0, 0.1) is 0 Å². The molecular weight excluding hydrogens is 320 g/mol. The Hall–Kier alpha value is -1.62. The van der Waals surface area contributed by atoms with Crippen LogP contribution in [0.1, 0.15) is 36.3 Å². The van der Waals surface area contributed by atoms with E-state index in [-0.39, 0.29) is 5.97 Å². The van der Waals surface area contributed by atoms with Gasteiger partial charge < -0.3 is 4.74 Å². The molecule has 0 radical (unpaired) electrons. The molecule has 0 saturated carbocycles. The maximum Gasteiger partial charge on any atom is 0.341 e. The Labute approximate surface area is 126 Å². The second kappa shape index (κ2) is 6.70. The predicted molar refractivity (Wildman–Crippen MR) is 81.2 cm³/mol. The first-order valence-corrected chi connectivity index (χ1v) is 7.47. The molecule has 20 heavy (non-hydrogen) atoms. The van der Waals surface area contributed by atoms with E-state index in [2.05, 4.69) is 28.0 Å². The summed E-state index contributed by atoms with van der Waals surface area (Å²) in [6, 6.07) is 7.81. The fourth-order valence-electron chi connectivity index (χ4n) is 2.06. The molecule has 0 amide bonds. The van der Waals surface area contributed by atoms with Gasteiger partial charge in [0, 0.05) is 4.47 Å². The molecule has 0 fully saturated rings. The normalized spacial score (nSPS) is 10.6. The summed E-state index contributed by atoms with van der Waals surface area (Å²) in [5.41, 5.74) is 2.36. The van der Waals surface area contributed by atoms with Crippen LogP contribution in [0.3, 0.4) is 0 Å². The first-order valence-electron chi connectivity index (χ1n) is 6.68. The molecule has 1 aromatic carbocycles. The average molecular weight is 337 g/mol. The van der Waals surface area contributed by atoms with Crippen molar-refractivity contribution in [2.45, 2.75) is 26.7 Å². The number of carbonyl (C=O) groups is 1. The lowest BCUT2D eigenvalue weighted by Gasteiger charge is -2.10. The van der Waals surface area contributed by atoms with Crippen molar-refractivity contribution in [2.24, 2.45) is 0 Å².